The molecule has 110 valence electrons. The number of rotatable bonds is 4. The first-order valence-electron chi connectivity index (χ1n) is 6.48. The van der Waals surface area contributed by atoms with E-state index in [1.165, 1.54) is 10.9 Å². The number of carbonyl (C=O) groups excluding carboxylic acids is 1. The van der Waals surface area contributed by atoms with E-state index in [-0.39, 0.29) is 0 Å². The van der Waals surface area contributed by atoms with Gasteiger partial charge in [-0.3, -0.25) is 9.48 Å². The Morgan fingerprint density at radius 1 is 1.29 bits per heavy atom. The van der Waals surface area contributed by atoms with Crippen molar-refractivity contribution in [3.63, 3.8) is 0 Å². The molecule has 1 atom stereocenters. The fourth-order valence-electron chi connectivity index (χ4n) is 1.97. The monoisotopic (exact) mass is 287 g/mol. The molecule has 0 radical (unpaired) electrons. The van der Waals surface area contributed by atoms with E-state index < -0.39 is 17.9 Å². The average Bonchev–Trinajstić information content (AvgIpc) is 2.84. The van der Waals surface area contributed by atoms with Crippen LogP contribution in [-0.2, 0) is 11.8 Å². The van der Waals surface area contributed by atoms with E-state index in [2.05, 4.69) is 10.4 Å². The molecule has 21 heavy (non-hydrogen) atoms. The Bertz CT molecular complexity index is 691. The van der Waals surface area contributed by atoms with Crippen molar-refractivity contribution in [2.75, 3.05) is 0 Å². The van der Waals surface area contributed by atoms with Gasteiger partial charge in [-0.15, -0.1) is 0 Å². The molecular formula is C15H17N3O3. The van der Waals surface area contributed by atoms with E-state index in [1.807, 2.05) is 19.9 Å². The summed E-state index contributed by atoms with van der Waals surface area (Å²) >= 11 is 0. The predicted octanol–water partition coefficient (Wildman–Crippen LogP) is 1.59. The minimum atomic E-state index is -1.12. The van der Waals surface area contributed by atoms with Gasteiger partial charge in [0.15, 0.2) is 6.04 Å². The van der Waals surface area contributed by atoms with Gasteiger partial charge in [0.1, 0.15) is 0 Å². The summed E-state index contributed by atoms with van der Waals surface area (Å²) in [6, 6.07) is 4.14. The van der Waals surface area contributed by atoms with Crippen molar-refractivity contribution in [2.45, 2.75) is 19.9 Å². The highest BCUT2D eigenvalue weighted by Crippen LogP contribution is 2.15. The van der Waals surface area contributed by atoms with Gasteiger partial charge in [-0.05, 0) is 37.1 Å². The van der Waals surface area contributed by atoms with Gasteiger partial charge in [0.05, 0.1) is 6.20 Å². The number of benzene rings is 1. The molecule has 6 nitrogen and oxygen atoms in total. The number of carboxylic acids is 1. The van der Waals surface area contributed by atoms with E-state index in [0.717, 1.165) is 11.1 Å². The quantitative estimate of drug-likeness (QED) is 0.894. The van der Waals surface area contributed by atoms with Crippen LogP contribution in [0.3, 0.4) is 0 Å². The van der Waals surface area contributed by atoms with E-state index in [0.29, 0.717) is 11.1 Å². The maximum absolute atomic E-state index is 12.2. The molecule has 0 fully saturated rings. The maximum atomic E-state index is 12.2. The number of amides is 1. The second-order valence-electron chi connectivity index (χ2n) is 4.99. The Kier molecular flexibility index (Phi) is 4.07. The lowest BCUT2D eigenvalue weighted by molar-refractivity contribution is -0.139. The van der Waals surface area contributed by atoms with Crippen molar-refractivity contribution in [1.29, 1.82) is 0 Å². The Hall–Kier alpha value is -2.63. The number of aliphatic carboxylic acids is 1. The molecular weight excluding hydrogens is 270 g/mol. The second kappa shape index (κ2) is 5.78. The summed E-state index contributed by atoms with van der Waals surface area (Å²) in [5.41, 5.74) is 2.93. The van der Waals surface area contributed by atoms with Gasteiger partial charge < -0.3 is 10.4 Å². The van der Waals surface area contributed by atoms with Crippen LogP contribution in [0.5, 0.6) is 0 Å². The summed E-state index contributed by atoms with van der Waals surface area (Å²) in [6.07, 6.45) is 3.00. The molecule has 1 amide bonds. The Labute approximate surface area is 122 Å². The summed E-state index contributed by atoms with van der Waals surface area (Å²) in [5, 5.41) is 15.7. The average molecular weight is 287 g/mol. The highest BCUT2D eigenvalue weighted by atomic mass is 16.4. The first-order chi connectivity index (χ1) is 9.88. The van der Waals surface area contributed by atoms with Crippen LogP contribution in [0, 0.1) is 13.8 Å². The summed E-state index contributed by atoms with van der Waals surface area (Å²) < 4.78 is 1.49. The fraction of sp³-hybridized carbons (Fsp3) is 0.267. The van der Waals surface area contributed by atoms with E-state index in [4.69, 9.17) is 0 Å². The van der Waals surface area contributed by atoms with Crippen LogP contribution in [0.4, 0.5) is 0 Å². The molecule has 1 unspecified atom stereocenters. The highest BCUT2D eigenvalue weighted by Gasteiger charge is 2.24. The van der Waals surface area contributed by atoms with Crippen LogP contribution in [0.1, 0.15) is 33.1 Å². The number of aromatic nitrogens is 2. The number of nitrogens with one attached hydrogen (secondary N) is 1. The van der Waals surface area contributed by atoms with Crippen molar-refractivity contribution in [3.05, 3.63) is 52.8 Å². The Morgan fingerprint density at radius 2 is 2.00 bits per heavy atom. The fourth-order valence-corrected chi connectivity index (χ4v) is 1.97. The maximum Gasteiger partial charge on any atom is 0.331 e. The van der Waals surface area contributed by atoms with Crippen molar-refractivity contribution < 1.29 is 14.7 Å². The lowest BCUT2D eigenvalue weighted by Crippen LogP contribution is -2.33. The molecule has 0 aliphatic carbocycles. The standard InChI is InChI=1S/C15H17N3O3/c1-9-4-5-11(6-10(9)2)14(19)17-13(15(20)21)12-7-16-18(3)8-12/h4-8,13H,1-3H3,(H,17,19)(H,20,21). The summed E-state index contributed by atoms with van der Waals surface area (Å²) in [5.74, 6) is -1.55. The summed E-state index contributed by atoms with van der Waals surface area (Å²) in [4.78, 5) is 23.5. The molecule has 2 aromatic rings. The van der Waals surface area contributed by atoms with Crippen LogP contribution in [0.2, 0.25) is 0 Å². The van der Waals surface area contributed by atoms with E-state index in [1.54, 1.807) is 25.4 Å². The molecule has 1 aromatic carbocycles. The zero-order valence-electron chi connectivity index (χ0n) is 12.1. The van der Waals surface area contributed by atoms with Crippen LogP contribution in [0.25, 0.3) is 0 Å². The second-order valence-corrected chi connectivity index (χ2v) is 4.99. The van der Waals surface area contributed by atoms with Gasteiger partial charge in [-0.1, -0.05) is 6.07 Å². The zero-order valence-corrected chi connectivity index (χ0v) is 12.1. The molecule has 2 rings (SSSR count). The van der Waals surface area contributed by atoms with Crippen molar-refractivity contribution in [1.82, 2.24) is 15.1 Å². The number of carboxylic acid groups (broad SMARTS) is 1. The van der Waals surface area contributed by atoms with Gasteiger partial charge in [-0.2, -0.15) is 5.10 Å². The number of carbonyl (C=O) groups is 2. The lowest BCUT2D eigenvalue weighted by atomic mass is 10.1. The van der Waals surface area contributed by atoms with E-state index in [9.17, 15) is 14.7 Å². The molecule has 2 N–H and O–H groups in total. The minimum absolute atomic E-state index is 0.422. The number of hydrogen-bond donors (Lipinski definition) is 2. The topological polar surface area (TPSA) is 84.2 Å². The van der Waals surface area contributed by atoms with E-state index >= 15 is 0 Å². The molecule has 0 spiro atoms. The molecule has 6 heteroatoms. The first kappa shape index (κ1) is 14.8. The van der Waals surface area contributed by atoms with Gasteiger partial charge in [0, 0.05) is 24.4 Å². The van der Waals surface area contributed by atoms with Crippen LogP contribution in [0.15, 0.2) is 30.6 Å². The molecule has 1 aromatic heterocycles. The number of nitrogens with zero attached hydrogens (tertiary/aromatic N) is 2. The largest absolute Gasteiger partial charge is 0.479 e. The Balaban J connectivity index is 2.22. The molecule has 0 saturated heterocycles. The molecule has 0 aliphatic rings. The molecule has 0 bridgehead atoms. The molecule has 1 heterocycles. The number of aryl methyl sites for hydroxylation is 3. The lowest BCUT2D eigenvalue weighted by Gasteiger charge is -2.13. The first-order valence-corrected chi connectivity index (χ1v) is 6.48. The highest BCUT2D eigenvalue weighted by molar-refractivity contribution is 5.97. The zero-order chi connectivity index (χ0) is 15.6. The molecule has 0 aliphatic heterocycles. The third-order valence-corrected chi connectivity index (χ3v) is 3.35. The third kappa shape index (κ3) is 3.28. The van der Waals surface area contributed by atoms with Crippen LogP contribution < -0.4 is 5.32 Å². The predicted molar refractivity (Wildman–Crippen MR) is 77.0 cm³/mol. The van der Waals surface area contributed by atoms with Gasteiger partial charge in [0.2, 0.25) is 0 Å². The minimum Gasteiger partial charge on any atom is -0.479 e. The van der Waals surface area contributed by atoms with Crippen LogP contribution in [-0.4, -0.2) is 26.8 Å². The van der Waals surface area contributed by atoms with Gasteiger partial charge in [-0.25, -0.2) is 4.79 Å². The normalized spacial score (nSPS) is 12.0. The summed E-state index contributed by atoms with van der Waals surface area (Å²) in [6.45, 7) is 3.86. The third-order valence-electron chi connectivity index (χ3n) is 3.35. The smallest absolute Gasteiger partial charge is 0.331 e. The SMILES string of the molecule is Cc1ccc(C(=O)NC(C(=O)O)c2cnn(C)c2)cc1C. The van der Waals surface area contributed by atoms with Gasteiger partial charge >= 0.3 is 5.97 Å². The summed E-state index contributed by atoms with van der Waals surface area (Å²) in [7, 11) is 1.69. The van der Waals surface area contributed by atoms with Gasteiger partial charge in [0.25, 0.3) is 5.91 Å². The molecule has 0 saturated carbocycles. The van der Waals surface area contributed by atoms with Crippen molar-refractivity contribution >= 4 is 11.9 Å². The van der Waals surface area contributed by atoms with Crippen LogP contribution >= 0.6 is 0 Å². The number of hydrogen-bond acceptors (Lipinski definition) is 3. The van der Waals surface area contributed by atoms with Crippen molar-refractivity contribution in [3.8, 4) is 0 Å². The van der Waals surface area contributed by atoms with Crippen molar-refractivity contribution in [2.24, 2.45) is 7.05 Å². The Morgan fingerprint density at radius 3 is 2.52 bits per heavy atom.